The Kier molecular flexibility index (Phi) is 4.12. The van der Waals surface area contributed by atoms with Crippen molar-refractivity contribution in [2.24, 2.45) is 0 Å². The number of benzene rings is 1. The van der Waals surface area contributed by atoms with Gasteiger partial charge in [0.25, 0.3) is 5.91 Å². The number of aromatic amines is 1. The van der Waals surface area contributed by atoms with Crippen LogP contribution in [0.2, 0.25) is 0 Å². The number of anilines is 1. The molecular weight excluding hydrogens is 350 g/mol. The fourth-order valence-electron chi connectivity index (χ4n) is 2.80. The summed E-state index contributed by atoms with van der Waals surface area (Å²) in [4.78, 5) is 24.2. The summed E-state index contributed by atoms with van der Waals surface area (Å²) in [5, 5.41) is 2.57. The lowest BCUT2D eigenvalue weighted by atomic mass is 10.00. The van der Waals surface area contributed by atoms with Crippen molar-refractivity contribution in [2.45, 2.75) is 6.92 Å². The number of aryl methyl sites for hydroxylation is 1. The lowest BCUT2D eigenvalue weighted by Gasteiger charge is -2.12. The first kappa shape index (κ1) is 16.8. The Labute approximate surface area is 153 Å². The summed E-state index contributed by atoms with van der Waals surface area (Å²) >= 11 is 0. The molecule has 2 aliphatic heterocycles. The van der Waals surface area contributed by atoms with Crippen LogP contribution in [0.1, 0.15) is 16.1 Å². The number of fused-ring (bicyclic) bond motifs is 1. The lowest BCUT2D eigenvalue weighted by Crippen LogP contribution is -2.14. The molecule has 0 bridgehead atoms. The van der Waals surface area contributed by atoms with E-state index in [2.05, 4.69) is 20.3 Å². The van der Waals surface area contributed by atoms with Gasteiger partial charge in [0.1, 0.15) is 5.82 Å². The zero-order chi connectivity index (χ0) is 19.0. The third-order valence-corrected chi connectivity index (χ3v) is 4.27. The quantitative estimate of drug-likeness (QED) is 0.565. The van der Waals surface area contributed by atoms with E-state index >= 15 is 0 Å². The minimum atomic E-state index is -1.02. The van der Waals surface area contributed by atoms with E-state index in [1.165, 1.54) is 6.07 Å². The summed E-state index contributed by atoms with van der Waals surface area (Å²) in [6.07, 6.45) is 5.20. The maximum Gasteiger partial charge on any atom is 0.257 e. The second-order valence-corrected chi connectivity index (χ2v) is 6.04. The molecule has 0 saturated heterocycles. The van der Waals surface area contributed by atoms with Crippen LogP contribution in [0.4, 0.5) is 14.5 Å². The Bertz CT molecular complexity index is 1120. The van der Waals surface area contributed by atoms with Crippen LogP contribution in [0, 0.1) is 18.6 Å². The molecule has 1 aromatic heterocycles. The molecule has 0 atom stereocenters. The predicted octanol–water partition coefficient (Wildman–Crippen LogP) is 4.42. The minimum Gasteiger partial charge on any atom is -0.346 e. The highest BCUT2D eigenvalue weighted by molar-refractivity contribution is 6.05. The van der Waals surface area contributed by atoms with E-state index in [1.807, 2.05) is 12.1 Å². The Morgan fingerprint density at radius 3 is 2.63 bits per heavy atom. The first-order valence-electron chi connectivity index (χ1n) is 8.18. The average molecular weight is 364 g/mol. The van der Waals surface area contributed by atoms with Gasteiger partial charge in [0, 0.05) is 41.5 Å². The fourth-order valence-corrected chi connectivity index (χ4v) is 2.80. The average Bonchev–Trinajstić information content (AvgIpc) is 2.76. The molecule has 3 heterocycles. The fraction of sp³-hybridized carbons (Fsp3) is 0.0500. The van der Waals surface area contributed by atoms with Crippen LogP contribution in [0.25, 0.3) is 22.5 Å². The Hall–Kier alpha value is -3.61. The lowest BCUT2D eigenvalue weighted by molar-refractivity contribution is 0.102. The van der Waals surface area contributed by atoms with Gasteiger partial charge in [-0.25, -0.2) is 13.8 Å². The number of hydrogen-bond acceptors (Lipinski definition) is 3. The van der Waals surface area contributed by atoms with Crippen LogP contribution in [-0.2, 0) is 0 Å². The van der Waals surface area contributed by atoms with E-state index in [4.69, 9.17) is 0 Å². The number of amides is 1. The van der Waals surface area contributed by atoms with Gasteiger partial charge in [-0.1, -0.05) is 6.07 Å². The number of nitrogens with zero attached hydrogens (tertiary/aromatic N) is 2. The molecule has 2 N–H and O–H groups in total. The van der Waals surface area contributed by atoms with Crippen molar-refractivity contribution in [1.82, 2.24) is 15.0 Å². The highest BCUT2D eigenvalue weighted by Crippen LogP contribution is 2.32. The monoisotopic (exact) mass is 364 g/mol. The molecule has 1 amide bonds. The topological polar surface area (TPSA) is 70.7 Å². The molecule has 2 aliphatic rings. The van der Waals surface area contributed by atoms with Gasteiger partial charge in [0.2, 0.25) is 0 Å². The number of nitrogens with one attached hydrogen (secondary N) is 2. The van der Waals surface area contributed by atoms with Gasteiger partial charge in [-0.3, -0.25) is 9.78 Å². The zero-order valence-electron chi connectivity index (χ0n) is 14.3. The molecule has 0 unspecified atom stereocenters. The number of halogens is 2. The van der Waals surface area contributed by atoms with Crippen LogP contribution in [0.3, 0.4) is 0 Å². The molecule has 4 rings (SSSR count). The Morgan fingerprint density at radius 2 is 1.89 bits per heavy atom. The molecule has 7 heteroatoms. The molecule has 0 saturated carbocycles. The maximum atomic E-state index is 13.4. The molecule has 27 heavy (non-hydrogen) atoms. The predicted molar refractivity (Wildman–Crippen MR) is 97.5 cm³/mol. The van der Waals surface area contributed by atoms with Crippen molar-refractivity contribution in [3.8, 4) is 22.5 Å². The second-order valence-electron chi connectivity index (χ2n) is 6.04. The summed E-state index contributed by atoms with van der Waals surface area (Å²) in [5.41, 5.74) is 3.60. The van der Waals surface area contributed by atoms with E-state index < -0.39 is 17.5 Å². The molecule has 2 aromatic rings. The van der Waals surface area contributed by atoms with E-state index in [9.17, 15) is 13.6 Å². The first-order valence-corrected chi connectivity index (χ1v) is 8.18. The van der Waals surface area contributed by atoms with Gasteiger partial charge >= 0.3 is 0 Å². The number of H-pyrrole nitrogens is 1. The number of rotatable bonds is 3. The smallest absolute Gasteiger partial charge is 0.257 e. The van der Waals surface area contributed by atoms with Crippen LogP contribution in [-0.4, -0.2) is 20.9 Å². The van der Waals surface area contributed by atoms with Crippen molar-refractivity contribution in [1.29, 1.82) is 0 Å². The number of aromatic nitrogens is 3. The maximum absolute atomic E-state index is 13.4. The molecule has 0 radical (unpaired) electrons. The highest BCUT2D eigenvalue weighted by Gasteiger charge is 2.17. The number of carbonyl (C=O) groups is 1. The number of hydrogen-bond donors (Lipinski definition) is 2. The van der Waals surface area contributed by atoms with Gasteiger partial charge in [-0.2, -0.15) is 0 Å². The van der Waals surface area contributed by atoms with E-state index in [0.29, 0.717) is 11.3 Å². The summed E-state index contributed by atoms with van der Waals surface area (Å²) in [6.45, 7) is 1.71. The van der Waals surface area contributed by atoms with Crippen molar-refractivity contribution < 1.29 is 13.6 Å². The third kappa shape index (κ3) is 3.15. The molecule has 134 valence electrons. The Balaban J connectivity index is 1.69. The second kappa shape index (κ2) is 6.60. The van der Waals surface area contributed by atoms with Crippen molar-refractivity contribution in [3.05, 3.63) is 77.9 Å². The third-order valence-electron chi connectivity index (χ3n) is 4.27. The van der Waals surface area contributed by atoms with Crippen molar-refractivity contribution in [2.75, 3.05) is 5.32 Å². The summed E-state index contributed by atoms with van der Waals surface area (Å²) in [6, 6.07) is 8.67. The summed E-state index contributed by atoms with van der Waals surface area (Å²) in [7, 11) is 0. The van der Waals surface area contributed by atoms with Crippen LogP contribution in [0.15, 0.2) is 55.0 Å². The highest BCUT2D eigenvalue weighted by atomic mass is 19.2. The van der Waals surface area contributed by atoms with E-state index in [0.717, 1.165) is 34.6 Å². The number of pyridine rings is 1. The van der Waals surface area contributed by atoms with E-state index in [1.54, 1.807) is 31.6 Å². The molecule has 1 aromatic carbocycles. The van der Waals surface area contributed by atoms with Crippen molar-refractivity contribution >= 4 is 11.6 Å². The minimum absolute atomic E-state index is 0.167. The molecule has 0 spiro atoms. The number of carbonyl (C=O) groups excluding carboxylic acids is 1. The van der Waals surface area contributed by atoms with Crippen LogP contribution >= 0.6 is 0 Å². The van der Waals surface area contributed by atoms with Gasteiger partial charge in [-0.15, -0.1) is 0 Å². The van der Waals surface area contributed by atoms with Gasteiger partial charge in [0.05, 0.1) is 11.3 Å². The van der Waals surface area contributed by atoms with Gasteiger partial charge in [0.15, 0.2) is 11.6 Å². The SMILES string of the molecule is Cc1ncc(-c2ccc[nH]c3ncc2-3)cc1C(=O)Nc1ccc(F)c(F)c1. The largest absolute Gasteiger partial charge is 0.346 e. The first-order chi connectivity index (χ1) is 13.0. The molecule has 0 aliphatic carbocycles. The van der Waals surface area contributed by atoms with E-state index in [-0.39, 0.29) is 5.69 Å². The zero-order valence-corrected chi connectivity index (χ0v) is 14.3. The molecular formula is C20H14F2N4O. The van der Waals surface area contributed by atoms with Crippen molar-refractivity contribution in [3.63, 3.8) is 0 Å². The van der Waals surface area contributed by atoms with Crippen LogP contribution < -0.4 is 5.32 Å². The summed E-state index contributed by atoms with van der Waals surface area (Å²) < 4.78 is 26.4. The molecule has 0 fully saturated rings. The summed E-state index contributed by atoms with van der Waals surface area (Å²) in [5.74, 6) is -1.69. The normalized spacial score (nSPS) is 10.9. The van der Waals surface area contributed by atoms with Gasteiger partial charge in [-0.05, 0) is 36.8 Å². The molecule has 5 nitrogen and oxygen atoms in total. The standard InChI is InChI=1S/C20H14F2N4O/c1-11-15(20(27)26-13-4-5-17(21)18(22)8-13)7-12(9-24-11)14-3-2-6-23-19-16(14)10-25-19/h2-10H,1H3,(H,23,25)(H,26,27). The Morgan fingerprint density at radius 1 is 1.04 bits per heavy atom. The van der Waals surface area contributed by atoms with Crippen LogP contribution in [0.5, 0.6) is 0 Å². The van der Waals surface area contributed by atoms with Gasteiger partial charge < -0.3 is 10.3 Å².